The van der Waals surface area contributed by atoms with Crippen LogP contribution in [0.3, 0.4) is 0 Å². The van der Waals surface area contributed by atoms with Gasteiger partial charge in [0, 0.05) is 0 Å². The normalized spacial score (nSPS) is 10.1. The van der Waals surface area contributed by atoms with Gasteiger partial charge >= 0.3 is 5.97 Å². The molecule has 0 fully saturated rings. The van der Waals surface area contributed by atoms with E-state index in [2.05, 4.69) is 4.98 Å². The number of benzene rings is 1. The Hall–Kier alpha value is -2.27. The minimum atomic E-state index is -1.12. The van der Waals surface area contributed by atoms with Crippen molar-refractivity contribution in [3.8, 4) is 11.6 Å². The van der Waals surface area contributed by atoms with Crippen LogP contribution in [0.4, 0.5) is 0 Å². The fourth-order valence-electron chi connectivity index (χ4n) is 1.60. The third-order valence-electron chi connectivity index (χ3n) is 2.57. The van der Waals surface area contributed by atoms with Crippen molar-refractivity contribution in [1.82, 2.24) is 4.98 Å². The van der Waals surface area contributed by atoms with Crippen LogP contribution in [0, 0.1) is 0 Å². The zero-order valence-corrected chi connectivity index (χ0v) is 11.4. The van der Waals surface area contributed by atoms with Gasteiger partial charge < -0.3 is 14.6 Å². The summed E-state index contributed by atoms with van der Waals surface area (Å²) in [5.74, 6) is -0.425. The highest BCUT2D eigenvalue weighted by molar-refractivity contribution is 6.29. The number of carboxylic acid groups (broad SMARTS) is 1. The Morgan fingerprint density at radius 2 is 2.15 bits per heavy atom. The van der Waals surface area contributed by atoms with Crippen molar-refractivity contribution in [3.63, 3.8) is 0 Å². The number of rotatable bonds is 5. The summed E-state index contributed by atoms with van der Waals surface area (Å²) in [6, 6.07) is 10.0. The molecule has 6 heteroatoms. The SMILES string of the molecule is COc1cccc(COc2nc(Cl)ccc2C(=O)O)c1. The van der Waals surface area contributed by atoms with E-state index >= 15 is 0 Å². The molecule has 104 valence electrons. The number of carboxylic acids is 1. The molecule has 0 spiro atoms. The standard InChI is InChI=1S/C14H12ClNO4/c1-19-10-4-2-3-9(7-10)8-20-13-11(14(17)18)5-6-12(15)16-13/h2-7H,8H2,1H3,(H,17,18). The quantitative estimate of drug-likeness (QED) is 0.858. The van der Waals surface area contributed by atoms with Gasteiger partial charge in [0.15, 0.2) is 0 Å². The Morgan fingerprint density at radius 3 is 2.85 bits per heavy atom. The Labute approximate surface area is 120 Å². The first-order valence-electron chi connectivity index (χ1n) is 5.75. The first-order valence-corrected chi connectivity index (χ1v) is 6.13. The van der Waals surface area contributed by atoms with Crippen LogP contribution < -0.4 is 9.47 Å². The van der Waals surface area contributed by atoms with Crippen molar-refractivity contribution in [3.05, 3.63) is 52.7 Å². The number of ether oxygens (including phenoxy) is 2. The van der Waals surface area contributed by atoms with Crippen LogP contribution in [0.1, 0.15) is 15.9 Å². The molecule has 5 nitrogen and oxygen atoms in total. The lowest BCUT2D eigenvalue weighted by atomic mass is 10.2. The third kappa shape index (κ3) is 3.39. The summed E-state index contributed by atoms with van der Waals surface area (Å²) in [6.45, 7) is 0.171. The Bertz CT molecular complexity index is 630. The predicted octanol–water partition coefficient (Wildman–Crippen LogP) is 3.02. The second-order valence-corrected chi connectivity index (χ2v) is 4.32. The number of aromatic carboxylic acids is 1. The third-order valence-corrected chi connectivity index (χ3v) is 2.78. The van der Waals surface area contributed by atoms with Crippen molar-refractivity contribution in [2.24, 2.45) is 0 Å². The van der Waals surface area contributed by atoms with Crippen LogP contribution in [-0.2, 0) is 6.61 Å². The van der Waals surface area contributed by atoms with E-state index in [-0.39, 0.29) is 23.2 Å². The molecule has 1 aromatic heterocycles. The second-order valence-electron chi connectivity index (χ2n) is 3.93. The first-order chi connectivity index (χ1) is 9.60. The van der Waals surface area contributed by atoms with Crippen LogP contribution in [0.25, 0.3) is 0 Å². The van der Waals surface area contributed by atoms with E-state index in [4.69, 9.17) is 26.2 Å². The predicted molar refractivity (Wildman–Crippen MR) is 73.5 cm³/mol. The molecule has 0 bridgehead atoms. The molecule has 1 N–H and O–H groups in total. The summed E-state index contributed by atoms with van der Waals surface area (Å²) in [5, 5.41) is 9.23. The van der Waals surface area contributed by atoms with Gasteiger partial charge in [0.1, 0.15) is 23.1 Å². The summed E-state index contributed by atoms with van der Waals surface area (Å²) in [6.07, 6.45) is 0. The van der Waals surface area contributed by atoms with Crippen LogP contribution in [0.15, 0.2) is 36.4 Å². The topological polar surface area (TPSA) is 68.7 Å². The minimum Gasteiger partial charge on any atom is -0.497 e. The van der Waals surface area contributed by atoms with Gasteiger partial charge in [-0.3, -0.25) is 0 Å². The molecule has 2 aromatic rings. The van der Waals surface area contributed by atoms with Gasteiger partial charge in [0.2, 0.25) is 5.88 Å². The van der Waals surface area contributed by atoms with Gasteiger partial charge in [0.25, 0.3) is 0 Å². The number of hydrogen-bond acceptors (Lipinski definition) is 4. The molecule has 0 saturated carbocycles. The molecule has 2 rings (SSSR count). The second kappa shape index (κ2) is 6.25. The highest BCUT2D eigenvalue weighted by atomic mass is 35.5. The van der Waals surface area contributed by atoms with Gasteiger partial charge in [-0.1, -0.05) is 23.7 Å². The van der Waals surface area contributed by atoms with Crippen LogP contribution in [0.5, 0.6) is 11.6 Å². The van der Waals surface area contributed by atoms with Crippen molar-refractivity contribution in [1.29, 1.82) is 0 Å². The van der Waals surface area contributed by atoms with E-state index < -0.39 is 5.97 Å². The number of pyridine rings is 1. The number of hydrogen-bond donors (Lipinski definition) is 1. The highest BCUT2D eigenvalue weighted by Gasteiger charge is 2.13. The average molecular weight is 294 g/mol. The molecule has 1 heterocycles. The molecule has 0 unspecified atom stereocenters. The number of halogens is 1. The molecular weight excluding hydrogens is 282 g/mol. The first kappa shape index (κ1) is 14.1. The van der Waals surface area contributed by atoms with E-state index in [1.807, 2.05) is 18.2 Å². The molecule has 0 radical (unpaired) electrons. The summed E-state index contributed by atoms with van der Waals surface area (Å²) >= 11 is 5.75. The summed E-state index contributed by atoms with van der Waals surface area (Å²) < 4.78 is 10.5. The van der Waals surface area contributed by atoms with Gasteiger partial charge in [-0.2, -0.15) is 0 Å². The van der Waals surface area contributed by atoms with Crippen LogP contribution in [-0.4, -0.2) is 23.2 Å². The lowest BCUT2D eigenvalue weighted by molar-refractivity contribution is 0.0690. The molecule has 1 aromatic carbocycles. The monoisotopic (exact) mass is 293 g/mol. The van der Waals surface area contributed by atoms with Gasteiger partial charge in [-0.25, -0.2) is 9.78 Å². The lowest BCUT2D eigenvalue weighted by Gasteiger charge is -2.09. The minimum absolute atomic E-state index is 0.00665. The highest BCUT2D eigenvalue weighted by Crippen LogP contribution is 2.21. The molecule has 0 aliphatic carbocycles. The van der Waals surface area contributed by atoms with Gasteiger partial charge in [0.05, 0.1) is 7.11 Å². The maximum Gasteiger partial charge on any atom is 0.341 e. The summed E-state index contributed by atoms with van der Waals surface area (Å²) in [7, 11) is 1.57. The Kier molecular flexibility index (Phi) is 4.42. The van der Waals surface area contributed by atoms with Crippen molar-refractivity contribution >= 4 is 17.6 Å². The van der Waals surface area contributed by atoms with E-state index in [1.165, 1.54) is 12.1 Å². The van der Waals surface area contributed by atoms with Gasteiger partial charge in [-0.05, 0) is 29.8 Å². The van der Waals surface area contributed by atoms with Crippen molar-refractivity contribution in [2.75, 3.05) is 7.11 Å². The fourth-order valence-corrected chi connectivity index (χ4v) is 1.74. The Morgan fingerprint density at radius 1 is 1.35 bits per heavy atom. The molecule has 0 aliphatic heterocycles. The maximum absolute atomic E-state index is 11.1. The maximum atomic E-state index is 11.1. The number of aromatic nitrogens is 1. The molecule has 0 amide bonds. The molecule has 0 saturated heterocycles. The van der Waals surface area contributed by atoms with Crippen LogP contribution in [0.2, 0.25) is 5.15 Å². The van der Waals surface area contributed by atoms with E-state index in [0.717, 1.165) is 5.56 Å². The average Bonchev–Trinajstić information content (AvgIpc) is 2.45. The largest absolute Gasteiger partial charge is 0.497 e. The van der Waals surface area contributed by atoms with Crippen molar-refractivity contribution in [2.45, 2.75) is 6.61 Å². The molecule has 0 atom stereocenters. The number of methoxy groups -OCH3 is 1. The lowest BCUT2D eigenvalue weighted by Crippen LogP contribution is -2.05. The fraction of sp³-hybridized carbons (Fsp3) is 0.143. The van der Waals surface area contributed by atoms with Gasteiger partial charge in [-0.15, -0.1) is 0 Å². The van der Waals surface area contributed by atoms with Crippen LogP contribution >= 0.6 is 11.6 Å². The zero-order valence-electron chi connectivity index (χ0n) is 10.7. The molecular formula is C14H12ClNO4. The summed E-state index contributed by atoms with van der Waals surface area (Å²) in [5.41, 5.74) is 0.805. The van der Waals surface area contributed by atoms with Crippen molar-refractivity contribution < 1.29 is 19.4 Å². The number of carbonyl (C=O) groups is 1. The zero-order chi connectivity index (χ0) is 14.5. The molecule has 20 heavy (non-hydrogen) atoms. The Balaban J connectivity index is 2.17. The van der Waals surface area contributed by atoms with E-state index in [9.17, 15) is 4.79 Å². The van der Waals surface area contributed by atoms with E-state index in [0.29, 0.717) is 5.75 Å². The number of nitrogens with zero attached hydrogens (tertiary/aromatic N) is 1. The molecule has 0 aliphatic rings. The van der Waals surface area contributed by atoms with E-state index in [1.54, 1.807) is 13.2 Å². The summed E-state index contributed by atoms with van der Waals surface area (Å²) in [4.78, 5) is 14.9. The smallest absolute Gasteiger partial charge is 0.341 e.